The normalized spacial score (nSPS) is 23.9. The maximum Gasteiger partial charge on any atom is 0.296 e. The van der Waals surface area contributed by atoms with E-state index < -0.39 is 6.43 Å². The zero-order valence-electron chi connectivity index (χ0n) is 23.9. The Kier molecular flexibility index (Phi) is 8.92. The molecule has 2 aliphatic heterocycles. The molecule has 11 heteroatoms. The Hall–Kier alpha value is -2.89. The lowest BCUT2D eigenvalue weighted by atomic mass is 9.85. The molecule has 1 atom stereocenters. The Morgan fingerprint density at radius 3 is 2.51 bits per heavy atom. The fourth-order valence-corrected chi connectivity index (χ4v) is 6.45. The maximum absolute atomic E-state index is 14.1. The van der Waals surface area contributed by atoms with Crippen molar-refractivity contribution in [2.45, 2.75) is 63.5 Å². The molecular formula is C30H41F2N7O2. The van der Waals surface area contributed by atoms with Crippen molar-refractivity contribution in [3.8, 4) is 5.82 Å². The van der Waals surface area contributed by atoms with Crippen molar-refractivity contribution in [2.24, 2.45) is 5.92 Å². The number of hydrogen-bond acceptors (Lipinski definition) is 8. The lowest BCUT2D eigenvalue weighted by molar-refractivity contribution is -0.0119. The predicted molar refractivity (Wildman–Crippen MR) is 155 cm³/mol. The fourth-order valence-electron chi connectivity index (χ4n) is 6.45. The quantitative estimate of drug-likeness (QED) is 0.383. The van der Waals surface area contributed by atoms with Gasteiger partial charge in [-0.1, -0.05) is 12.1 Å². The Morgan fingerprint density at radius 1 is 0.976 bits per heavy atom. The van der Waals surface area contributed by atoms with Crippen molar-refractivity contribution in [1.82, 2.24) is 24.4 Å². The minimum Gasteiger partial charge on any atom is -0.378 e. The number of alkyl halides is 2. The number of morpholine rings is 1. The molecule has 1 aliphatic carbocycles. The number of benzene rings is 1. The summed E-state index contributed by atoms with van der Waals surface area (Å²) >= 11 is 0. The van der Waals surface area contributed by atoms with Gasteiger partial charge in [0.1, 0.15) is 11.6 Å². The summed E-state index contributed by atoms with van der Waals surface area (Å²) in [5.74, 6) is 1.74. The molecule has 3 fully saturated rings. The molecule has 6 rings (SSSR count). The third kappa shape index (κ3) is 6.62. The van der Waals surface area contributed by atoms with Crippen LogP contribution in [0.5, 0.6) is 0 Å². The SMILES string of the molecule is CN(CC1CCCCO1)C1CCC(CNc2nc(N3CCOCC3)cc(-n3c(C(F)F)nc4ccccc43)n2)CC1. The monoisotopic (exact) mass is 569 g/mol. The minimum absolute atomic E-state index is 0.315. The largest absolute Gasteiger partial charge is 0.378 e. The summed E-state index contributed by atoms with van der Waals surface area (Å²) in [6.07, 6.45) is 5.84. The van der Waals surface area contributed by atoms with Crippen LogP contribution in [0.3, 0.4) is 0 Å². The Bertz CT molecular complexity index is 1290. The van der Waals surface area contributed by atoms with Crippen molar-refractivity contribution in [3.63, 3.8) is 0 Å². The summed E-state index contributed by atoms with van der Waals surface area (Å²) in [5, 5.41) is 3.47. The number of imidazole rings is 1. The van der Waals surface area contributed by atoms with Crippen molar-refractivity contribution in [2.75, 3.05) is 63.3 Å². The molecule has 222 valence electrons. The molecule has 2 saturated heterocycles. The zero-order valence-corrected chi connectivity index (χ0v) is 23.9. The van der Waals surface area contributed by atoms with Crippen molar-refractivity contribution in [1.29, 1.82) is 0 Å². The van der Waals surface area contributed by atoms with E-state index in [9.17, 15) is 8.78 Å². The molecule has 1 N–H and O–H groups in total. The highest BCUT2D eigenvalue weighted by molar-refractivity contribution is 5.78. The van der Waals surface area contributed by atoms with Crippen LogP contribution >= 0.6 is 0 Å². The highest BCUT2D eigenvalue weighted by Crippen LogP contribution is 2.31. The fraction of sp³-hybridized carbons (Fsp3) is 0.633. The molecule has 4 heterocycles. The van der Waals surface area contributed by atoms with E-state index in [1.54, 1.807) is 24.3 Å². The molecule has 1 unspecified atom stereocenters. The van der Waals surface area contributed by atoms with E-state index in [2.05, 4.69) is 27.1 Å². The molecular weight excluding hydrogens is 528 g/mol. The topological polar surface area (TPSA) is 80.6 Å². The number of anilines is 2. The first-order valence-corrected chi connectivity index (χ1v) is 15.1. The summed E-state index contributed by atoms with van der Waals surface area (Å²) in [6, 6.07) is 9.55. The average molecular weight is 570 g/mol. The number of aromatic nitrogens is 4. The van der Waals surface area contributed by atoms with Crippen LogP contribution < -0.4 is 10.2 Å². The van der Waals surface area contributed by atoms with Crippen molar-refractivity contribution < 1.29 is 18.3 Å². The van der Waals surface area contributed by atoms with Gasteiger partial charge in [0, 0.05) is 44.9 Å². The molecule has 3 aliphatic rings. The van der Waals surface area contributed by atoms with E-state index in [-0.39, 0.29) is 5.82 Å². The van der Waals surface area contributed by atoms with Gasteiger partial charge in [0.25, 0.3) is 6.43 Å². The molecule has 3 aromatic rings. The van der Waals surface area contributed by atoms with Gasteiger partial charge in [-0.05, 0) is 70.0 Å². The first-order valence-electron chi connectivity index (χ1n) is 15.1. The average Bonchev–Trinajstić information content (AvgIpc) is 3.41. The van der Waals surface area contributed by atoms with Crippen LogP contribution in [-0.2, 0) is 9.47 Å². The number of para-hydroxylation sites is 2. The number of nitrogens with zero attached hydrogens (tertiary/aromatic N) is 6. The van der Waals surface area contributed by atoms with E-state index in [4.69, 9.17) is 19.4 Å². The van der Waals surface area contributed by atoms with Gasteiger partial charge in [0.05, 0.1) is 30.4 Å². The molecule has 0 amide bonds. The van der Waals surface area contributed by atoms with Gasteiger partial charge in [-0.2, -0.15) is 9.97 Å². The van der Waals surface area contributed by atoms with Gasteiger partial charge in [-0.15, -0.1) is 0 Å². The van der Waals surface area contributed by atoms with Gasteiger partial charge in [0.2, 0.25) is 5.95 Å². The lowest BCUT2D eigenvalue weighted by Gasteiger charge is -2.37. The first-order chi connectivity index (χ1) is 20.0. The van der Waals surface area contributed by atoms with E-state index >= 15 is 0 Å². The van der Waals surface area contributed by atoms with Crippen LogP contribution in [0, 0.1) is 5.92 Å². The van der Waals surface area contributed by atoms with Crippen LogP contribution in [0.15, 0.2) is 30.3 Å². The smallest absolute Gasteiger partial charge is 0.296 e. The third-order valence-corrected chi connectivity index (χ3v) is 8.80. The van der Waals surface area contributed by atoms with Crippen LogP contribution in [0.4, 0.5) is 20.5 Å². The van der Waals surface area contributed by atoms with E-state index in [0.29, 0.717) is 73.0 Å². The van der Waals surface area contributed by atoms with E-state index in [0.717, 1.165) is 45.4 Å². The number of nitrogens with one attached hydrogen (secondary N) is 1. The highest BCUT2D eigenvalue weighted by atomic mass is 19.3. The second kappa shape index (κ2) is 13.0. The highest BCUT2D eigenvalue weighted by Gasteiger charge is 2.27. The minimum atomic E-state index is -2.74. The molecule has 1 saturated carbocycles. The molecule has 9 nitrogen and oxygen atoms in total. The lowest BCUT2D eigenvalue weighted by Crippen LogP contribution is -2.42. The molecule has 1 aromatic carbocycles. The molecule has 0 radical (unpaired) electrons. The Morgan fingerprint density at radius 2 is 1.76 bits per heavy atom. The van der Waals surface area contributed by atoms with Crippen LogP contribution in [0.2, 0.25) is 0 Å². The van der Waals surface area contributed by atoms with Gasteiger partial charge < -0.3 is 24.6 Å². The van der Waals surface area contributed by atoms with Gasteiger partial charge >= 0.3 is 0 Å². The number of ether oxygens (including phenoxy) is 2. The summed E-state index contributed by atoms with van der Waals surface area (Å²) in [6.45, 7) is 5.24. The second-order valence-electron chi connectivity index (χ2n) is 11.6. The Labute approximate surface area is 240 Å². The van der Waals surface area contributed by atoms with Crippen LogP contribution in [-0.4, -0.2) is 89.6 Å². The van der Waals surface area contributed by atoms with Gasteiger partial charge in [-0.3, -0.25) is 4.57 Å². The van der Waals surface area contributed by atoms with Gasteiger partial charge in [-0.25, -0.2) is 13.8 Å². The summed E-state index contributed by atoms with van der Waals surface area (Å²) in [4.78, 5) is 18.4. The number of fused-ring (bicyclic) bond motifs is 1. The molecule has 2 aromatic heterocycles. The number of hydrogen-bond donors (Lipinski definition) is 1. The van der Waals surface area contributed by atoms with E-state index in [1.165, 1.54) is 23.8 Å². The number of halogens is 2. The van der Waals surface area contributed by atoms with Crippen LogP contribution in [0.1, 0.15) is 57.2 Å². The van der Waals surface area contributed by atoms with Gasteiger partial charge in [0.15, 0.2) is 5.82 Å². The Balaban J connectivity index is 1.17. The van der Waals surface area contributed by atoms with Crippen LogP contribution in [0.25, 0.3) is 16.9 Å². The molecule has 41 heavy (non-hydrogen) atoms. The van der Waals surface area contributed by atoms with Crippen molar-refractivity contribution >= 4 is 22.8 Å². The predicted octanol–water partition coefficient (Wildman–Crippen LogP) is 5.06. The molecule has 0 spiro atoms. The number of rotatable bonds is 9. The summed E-state index contributed by atoms with van der Waals surface area (Å²) in [7, 11) is 2.24. The van der Waals surface area contributed by atoms with Crippen molar-refractivity contribution in [3.05, 3.63) is 36.2 Å². The molecule has 0 bridgehead atoms. The summed E-state index contributed by atoms with van der Waals surface area (Å²) in [5.41, 5.74) is 1.11. The second-order valence-corrected chi connectivity index (χ2v) is 11.6. The zero-order chi connectivity index (χ0) is 28.2. The summed E-state index contributed by atoms with van der Waals surface area (Å²) < 4.78 is 41.2. The maximum atomic E-state index is 14.1. The first kappa shape index (κ1) is 28.2. The standard InChI is InChI=1S/C30H41F2N7O2/c1-37(20-23-6-4-5-15-41-23)22-11-9-21(10-12-22)19-33-30-35-26(38-13-16-40-17-14-38)18-27(36-30)39-25-8-3-2-7-24(25)34-29(39)28(31)32/h2-3,7-8,18,21-23,28H,4-6,9-17,19-20H2,1H3,(H,33,35,36). The third-order valence-electron chi connectivity index (χ3n) is 8.80. The van der Waals surface area contributed by atoms with E-state index in [1.807, 2.05) is 6.07 Å². The number of likely N-dealkylation sites (N-methyl/N-ethyl adjacent to an activating group) is 1.